The number of likely N-dealkylation sites (tertiary alicyclic amines) is 1. The van der Waals surface area contributed by atoms with Gasteiger partial charge in [-0.05, 0) is 42.5 Å². The molecule has 9 heteroatoms. The van der Waals surface area contributed by atoms with Crippen molar-refractivity contribution in [2.45, 2.75) is 83.2 Å². The molecule has 5 rings (SSSR count). The minimum Gasteiger partial charge on any atom is -0.502 e. The van der Waals surface area contributed by atoms with Gasteiger partial charge in [0.25, 0.3) is 5.56 Å². The molecule has 9 nitrogen and oxygen atoms in total. The van der Waals surface area contributed by atoms with E-state index in [0.717, 1.165) is 38.0 Å². The van der Waals surface area contributed by atoms with E-state index in [2.05, 4.69) is 11.8 Å². The first-order chi connectivity index (χ1) is 20.8. The van der Waals surface area contributed by atoms with Crippen molar-refractivity contribution in [1.82, 2.24) is 9.47 Å². The maximum absolute atomic E-state index is 12.9. The van der Waals surface area contributed by atoms with Gasteiger partial charge < -0.3 is 24.6 Å². The molecule has 3 atom stereocenters. The summed E-state index contributed by atoms with van der Waals surface area (Å²) in [6, 6.07) is 14.1. The average Bonchev–Trinajstić information content (AvgIpc) is 2.98. The van der Waals surface area contributed by atoms with Crippen LogP contribution in [0.1, 0.15) is 92.9 Å². The minimum absolute atomic E-state index is 0.0349. The second-order valence-corrected chi connectivity index (χ2v) is 12.1. The van der Waals surface area contributed by atoms with Gasteiger partial charge in [-0.15, -0.1) is 0 Å². The largest absolute Gasteiger partial charge is 0.502 e. The number of nitrogens with zero attached hydrogens (tertiary/aromatic N) is 2. The molecule has 1 aromatic carbocycles. The molecule has 1 saturated heterocycles. The number of amides is 1. The van der Waals surface area contributed by atoms with Gasteiger partial charge in [0.15, 0.2) is 5.76 Å². The lowest BCUT2D eigenvalue weighted by Crippen LogP contribution is -2.46. The number of carbonyl (C=O) groups is 1. The Morgan fingerprint density at radius 1 is 1.05 bits per heavy atom. The third-order valence-electron chi connectivity index (χ3n) is 8.71. The lowest BCUT2D eigenvalue weighted by Gasteiger charge is -2.42. The SMILES string of the molecule is CCCCCCCCOc1ccc(C(CC(N)=O)c2oc(CN3CC4CC(C3)c3cccc(=O)n3C4)cc(=O)c2O)cc1. The number of ether oxygens (including phenoxy) is 1. The summed E-state index contributed by atoms with van der Waals surface area (Å²) in [5.41, 5.74) is 6.81. The molecule has 2 aromatic heterocycles. The summed E-state index contributed by atoms with van der Waals surface area (Å²) in [6.07, 6.45) is 7.99. The van der Waals surface area contributed by atoms with E-state index in [4.69, 9.17) is 14.9 Å². The van der Waals surface area contributed by atoms with Gasteiger partial charge in [-0.2, -0.15) is 0 Å². The quantitative estimate of drug-likeness (QED) is 0.257. The molecule has 230 valence electrons. The molecule has 3 unspecified atom stereocenters. The number of hydrogen-bond acceptors (Lipinski definition) is 7. The van der Waals surface area contributed by atoms with Crippen LogP contribution in [0, 0.1) is 5.92 Å². The fourth-order valence-electron chi connectivity index (χ4n) is 6.65. The molecule has 1 fully saturated rings. The smallest absolute Gasteiger partial charge is 0.250 e. The number of piperidine rings is 1. The van der Waals surface area contributed by atoms with Crippen molar-refractivity contribution in [2.75, 3.05) is 19.7 Å². The summed E-state index contributed by atoms with van der Waals surface area (Å²) in [6.45, 7) is 5.38. The highest BCUT2D eigenvalue weighted by atomic mass is 16.5. The summed E-state index contributed by atoms with van der Waals surface area (Å²) in [5.74, 6) is -0.104. The van der Waals surface area contributed by atoms with Gasteiger partial charge in [-0.1, -0.05) is 57.2 Å². The van der Waals surface area contributed by atoms with Crippen molar-refractivity contribution in [3.05, 3.63) is 91.9 Å². The van der Waals surface area contributed by atoms with Gasteiger partial charge in [0.1, 0.15) is 11.5 Å². The maximum atomic E-state index is 12.9. The Hall–Kier alpha value is -3.85. The molecule has 0 spiro atoms. The highest BCUT2D eigenvalue weighted by Gasteiger charge is 2.35. The summed E-state index contributed by atoms with van der Waals surface area (Å²) in [4.78, 5) is 39.6. The molecule has 0 radical (unpaired) electrons. The van der Waals surface area contributed by atoms with Crippen molar-refractivity contribution in [1.29, 1.82) is 0 Å². The first-order valence-corrected chi connectivity index (χ1v) is 15.6. The predicted octanol–water partition coefficient (Wildman–Crippen LogP) is 4.87. The zero-order chi connectivity index (χ0) is 30.3. The topological polar surface area (TPSA) is 128 Å². The molecule has 0 aliphatic carbocycles. The van der Waals surface area contributed by atoms with Crippen molar-refractivity contribution < 1.29 is 19.1 Å². The molecule has 0 saturated carbocycles. The number of pyridine rings is 1. The molecular weight excluding hydrogens is 546 g/mol. The van der Waals surface area contributed by atoms with Gasteiger partial charge in [0, 0.05) is 49.8 Å². The van der Waals surface area contributed by atoms with Crippen LogP contribution in [0.15, 0.2) is 62.5 Å². The molecule has 2 aliphatic heterocycles. The van der Waals surface area contributed by atoms with E-state index in [9.17, 15) is 19.5 Å². The van der Waals surface area contributed by atoms with E-state index in [1.165, 1.54) is 31.7 Å². The van der Waals surface area contributed by atoms with E-state index in [1.807, 2.05) is 41.0 Å². The average molecular weight is 590 g/mol. The van der Waals surface area contributed by atoms with Crippen LogP contribution in [0.2, 0.25) is 0 Å². The van der Waals surface area contributed by atoms with Gasteiger partial charge in [-0.3, -0.25) is 19.3 Å². The van der Waals surface area contributed by atoms with E-state index in [1.54, 1.807) is 6.07 Å². The van der Waals surface area contributed by atoms with Crippen molar-refractivity contribution in [3.63, 3.8) is 0 Å². The van der Waals surface area contributed by atoms with Crippen LogP contribution in [0.5, 0.6) is 11.5 Å². The van der Waals surface area contributed by atoms with Crippen LogP contribution in [0.4, 0.5) is 0 Å². The standard InChI is InChI=1S/C34H43N3O6/c1-2-3-4-5-6-7-15-42-26-13-11-24(12-14-26)28(18-31(35)39)34-33(41)30(38)17-27(43-34)22-36-19-23-16-25(21-36)29-9-8-10-32(40)37(29)20-23/h8-14,17,23,25,28,41H,2-7,15-16,18-22H2,1H3,(H2,35,39). The number of hydrogen-bond donors (Lipinski definition) is 2. The number of aromatic hydroxyl groups is 1. The third-order valence-corrected chi connectivity index (χ3v) is 8.71. The second-order valence-electron chi connectivity index (χ2n) is 12.1. The number of fused-ring (bicyclic) bond motifs is 4. The Bertz CT molecular complexity index is 1510. The van der Waals surface area contributed by atoms with Crippen LogP contribution in [-0.2, 0) is 17.9 Å². The predicted molar refractivity (Wildman–Crippen MR) is 164 cm³/mol. The fourth-order valence-corrected chi connectivity index (χ4v) is 6.65. The Kier molecular flexibility index (Phi) is 10.0. The third kappa shape index (κ3) is 7.57. The number of aromatic nitrogens is 1. The zero-order valence-electron chi connectivity index (χ0n) is 25.0. The first kappa shape index (κ1) is 30.6. The Balaban J connectivity index is 1.30. The lowest BCUT2D eigenvalue weighted by atomic mass is 9.83. The maximum Gasteiger partial charge on any atom is 0.250 e. The lowest BCUT2D eigenvalue weighted by molar-refractivity contribution is -0.118. The van der Waals surface area contributed by atoms with E-state index >= 15 is 0 Å². The van der Waals surface area contributed by atoms with Crippen LogP contribution in [0.25, 0.3) is 0 Å². The second kappa shape index (κ2) is 14.1. The first-order valence-electron chi connectivity index (χ1n) is 15.6. The number of rotatable bonds is 14. The molecule has 4 heterocycles. The summed E-state index contributed by atoms with van der Waals surface area (Å²) >= 11 is 0. The Morgan fingerprint density at radius 3 is 2.58 bits per heavy atom. The summed E-state index contributed by atoms with van der Waals surface area (Å²) in [5, 5.41) is 10.8. The summed E-state index contributed by atoms with van der Waals surface area (Å²) < 4.78 is 14.0. The van der Waals surface area contributed by atoms with Crippen molar-refractivity contribution in [3.8, 4) is 11.5 Å². The molecular formula is C34H43N3O6. The molecule has 1 amide bonds. The van der Waals surface area contributed by atoms with Gasteiger partial charge in [-0.25, -0.2) is 0 Å². The number of unbranched alkanes of at least 4 members (excludes halogenated alkanes) is 5. The monoisotopic (exact) mass is 589 g/mol. The van der Waals surface area contributed by atoms with Gasteiger partial charge >= 0.3 is 0 Å². The Labute approximate surface area is 252 Å². The molecule has 2 bridgehead atoms. The fraction of sp³-hybridized carbons (Fsp3) is 0.500. The highest BCUT2D eigenvalue weighted by Crippen LogP contribution is 2.37. The van der Waals surface area contributed by atoms with Crippen LogP contribution >= 0.6 is 0 Å². The number of primary amides is 1. The van der Waals surface area contributed by atoms with Gasteiger partial charge in [0.2, 0.25) is 17.1 Å². The number of carbonyl (C=O) groups excluding carboxylic acids is 1. The zero-order valence-corrected chi connectivity index (χ0v) is 25.0. The van der Waals surface area contributed by atoms with E-state index in [-0.39, 0.29) is 23.7 Å². The summed E-state index contributed by atoms with van der Waals surface area (Å²) in [7, 11) is 0. The molecule has 3 aromatic rings. The Morgan fingerprint density at radius 2 is 1.81 bits per heavy atom. The molecule has 43 heavy (non-hydrogen) atoms. The molecule has 2 aliphatic rings. The number of nitrogens with two attached hydrogens (primary N) is 1. The highest BCUT2D eigenvalue weighted by molar-refractivity contribution is 5.75. The van der Waals surface area contributed by atoms with Gasteiger partial charge in [0.05, 0.1) is 19.1 Å². The van der Waals surface area contributed by atoms with E-state index in [0.29, 0.717) is 42.7 Å². The van der Waals surface area contributed by atoms with Crippen LogP contribution < -0.4 is 21.5 Å². The van der Waals surface area contributed by atoms with E-state index < -0.39 is 23.0 Å². The van der Waals surface area contributed by atoms with Crippen molar-refractivity contribution >= 4 is 5.91 Å². The number of benzene rings is 1. The van der Waals surface area contributed by atoms with Crippen LogP contribution in [0.3, 0.4) is 0 Å². The van der Waals surface area contributed by atoms with Crippen molar-refractivity contribution in [2.24, 2.45) is 11.7 Å². The minimum atomic E-state index is -0.725. The van der Waals surface area contributed by atoms with Crippen LogP contribution in [-0.4, -0.2) is 40.2 Å². The molecule has 3 N–H and O–H groups in total. The normalized spacial score (nSPS) is 18.6.